The molecule has 2 aliphatic heterocycles. The highest BCUT2D eigenvalue weighted by Crippen LogP contribution is 2.39. The lowest BCUT2D eigenvalue weighted by atomic mass is 9.89. The van der Waals surface area contributed by atoms with Gasteiger partial charge in [-0.05, 0) is 80.5 Å². The number of tetrazole rings is 1. The first kappa shape index (κ1) is 33.8. The van der Waals surface area contributed by atoms with Crippen molar-refractivity contribution in [2.45, 2.75) is 102 Å². The van der Waals surface area contributed by atoms with Crippen LogP contribution < -0.4 is 14.8 Å². The molecule has 0 spiro atoms. The number of morpholine rings is 1. The van der Waals surface area contributed by atoms with E-state index in [0.717, 1.165) is 62.1 Å². The molecule has 264 valence electrons. The van der Waals surface area contributed by atoms with E-state index in [2.05, 4.69) is 46.5 Å². The molecule has 1 aromatic carbocycles. The van der Waals surface area contributed by atoms with Crippen LogP contribution in [0.25, 0.3) is 11.1 Å². The SMILES string of the molecule is CO[C@@H](C)CCOc1nn(C2CCC(N3[C@@H]4CC[C@H]3COC4)CC2)cc1Nc1ncc(-c2ccc(C#N)c(O[C@@H](C)Cn3cnnn3)c2)cn1. The fourth-order valence-corrected chi connectivity index (χ4v) is 7.41. The predicted octanol–water partition coefficient (Wildman–Crippen LogP) is 4.56. The first-order valence-electron chi connectivity index (χ1n) is 17.6. The fourth-order valence-electron chi connectivity index (χ4n) is 7.41. The van der Waals surface area contributed by atoms with E-state index in [1.807, 2.05) is 32.2 Å². The van der Waals surface area contributed by atoms with Crippen LogP contribution in [0, 0.1) is 11.3 Å². The van der Waals surface area contributed by atoms with E-state index < -0.39 is 0 Å². The van der Waals surface area contributed by atoms with Gasteiger partial charge in [-0.1, -0.05) is 6.07 Å². The second-order valence-corrected chi connectivity index (χ2v) is 13.5. The smallest absolute Gasteiger partial charge is 0.256 e. The summed E-state index contributed by atoms with van der Waals surface area (Å²) in [6.07, 6.45) is 14.6. The minimum Gasteiger partial charge on any atom is -0.487 e. The van der Waals surface area contributed by atoms with Crippen LogP contribution >= 0.6 is 0 Å². The van der Waals surface area contributed by atoms with Gasteiger partial charge in [0.1, 0.15) is 29.9 Å². The van der Waals surface area contributed by atoms with E-state index in [4.69, 9.17) is 24.0 Å². The minimum absolute atomic E-state index is 0.0810. The molecule has 1 N–H and O–H groups in total. The van der Waals surface area contributed by atoms with Crippen LogP contribution in [0.15, 0.2) is 43.1 Å². The van der Waals surface area contributed by atoms with Crippen molar-refractivity contribution in [2.75, 3.05) is 32.2 Å². The van der Waals surface area contributed by atoms with Crippen LogP contribution in [0.3, 0.4) is 0 Å². The molecule has 3 aliphatic rings. The Balaban J connectivity index is 1.03. The summed E-state index contributed by atoms with van der Waals surface area (Å²) >= 11 is 0. The molecular formula is C35H45N11O4. The third-order valence-corrected chi connectivity index (χ3v) is 10.1. The first-order valence-corrected chi connectivity index (χ1v) is 17.6. The summed E-state index contributed by atoms with van der Waals surface area (Å²) in [4.78, 5) is 12.0. The van der Waals surface area contributed by atoms with E-state index in [1.165, 1.54) is 19.2 Å². The number of rotatable bonds is 14. The maximum atomic E-state index is 9.68. The van der Waals surface area contributed by atoms with E-state index in [-0.39, 0.29) is 12.2 Å². The zero-order chi connectivity index (χ0) is 34.5. The summed E-state index contributed by atoms with van der Waals surface area (Å²) in [6, 6.07) is 9.72. The Bertz CT molecular complexity index is 1720. The van der Waals surface area contributed by atoms with Crippen LogP contribution in [-0.2, 0) is 16.0 Å². The summed E-state index contributed by atoms with van der Waals surface area (Å²) in [5, 5.41) is 29.2. The number of fused-ring (bicyclic) bond motifs is 2. The fraction of sp³-hybridized carbons (Fsp3) is 0.571. The summed E-state index contributed by atoms with van der Waals surface area (Å²) in [5.74, 6) is 1.42. The lowest BCUT2D eigenvalue weighted by molar-refractivity contribution is -0.0458. The van der Waals surface area contributed by atoms with Crippen molar-refractivity contribution in [3.8, 4) is 28.8 Å². The Morgan fingerprint density at radius 2 is 1.72 bits per heavy atom. The van der Waals surface area contributed by atoms with Crippen molar-refractivity contribution in [3.05, 3.63) is 48.7 Å². The van der Waals surface area contributed by atoms with Gasteiger partial charge in [0.05, 0.1) is 50.3 Å². The van der Waals surface area contributed by atoms with Crippen LogP contribution in [0.1, 0.15) is 70.4 Å². The monoisotopic (exact) mass is 683 g/mol. The molecule has 4 aromatic rings. The average molecular weight is 684 g/mol. The molecule has 4 atom stereocenters. The summed E-state index contributed by atoms with van der Waals surface area (Å²) in [5.41, 5.74) is 2.76. The van der Waals surface area contributed by atoms with E-state index >= 15 is 0 Å². The number of hydrogen-bond donors (Lipinski definition) is 1. The van der Waals surface area contributed by atoms with Crippen molar-refractivity contribution in [2.24, 2.45) is 0 Å². The summed E-state index contributed by atoms with van der Waals surface area (Å²) < 4.78 is 27.2. The van der Waals surface area contributed by atoms with Crippen LogP contribution in [0.2, 0.25) is 0 Å². The number of anilines is 2. The largest absolute Gasteiger partial charge is 0.487 e. The highest BCUT2D eigenvalue weighted by molar-refractivity contribution is 5.67. The molecule has 1 saturated carbocycles. The van der Waals surface area contributed by atoms with Crippen molar-refractivity contribution in [1.82, 2.24) is 44.9 Å². The van der Waals surface area contributed by atoms with Gasteiger partial charge in [-0.2, -0.15) is 5.26 Å². The van der Waals surface area contributed by atoms with Crippen LogP contribution in [-0.4, -0.2) is 102 Å². The molecule has 0 radical (unpaired) electrons. The van der Waals surface area contributed by atoms with Gasteiger partial charge in [0.25, 0.3) is 5.88 Å². The van der Waals surface area contributed by atoms with Gasteiger partial charge in [0.2, 0.25) is 5.95 Å². The standard InChI is InChI=1S/C35H45N11O4/c1-23(47-3)12-13-49-34-32(19-45(41-34)28-6-8-29(9-7-28)46-30-10-11-31(46)21-48-20-30)40-35-37-16-27(17-38-35)25-4-5-26(15-36)33(14-25)50-24(2)18-44-22-39-42-43-44/h4-5,14,16-17,19,22-24,28-31H,6-13,18,20-21H2,1-3H3,(H,37,38,40)/t23-,24-,28?,29?,30-,31+/m0/s1. The molecule has 5 heterocycles. The highest BCUT2D eigenvalue weighted by atomic mass is 16.5. The van der Waals surface area contributed by atoms with Crippen LogP contribution in [0.4, 0.5) is 11.6 Å². The quantitative estimate of drug-likeness (QED) is 0.197. The number of nitrogens with zero attached hydrogens (tertiary/aromatic N) is 10. The molecule has 0 unspecified atom stereocenters. The lowest BCUT2D eigenvalue weighted by Crippen LogP contribution is -2.52. The topological polar surface area (TPSA) is 163 Å². The summed E-state index contributed by atoms with van der Waals surface area (Å²) in [7, 11) is 1.71. The summed E-state index contributed by atoms with van der Waals surface area (Å²) in [6.45, 7) is 6.59. The Hall–Kier alpha value is -4.65. The highest BCUT2D eigenvalue weighted by Gasteiger charge is 2.42. The Labute approximate surface area is 291 Å². The second kappa shape index (κ2) is 15.5. The predicted molar refractivity (Wildman–Crippen MR) is 183 cm³/mol. The van der Waals surface area contributed by atoms with Gasteiger partial charge < -0.3 is 24.3 Å². The zero-order valence-corrected chi connectivity index (χ0v) is 28.9. The number of benzene rings is 1. The van der Waals surface area contributed by atoms with E-state index in [9.17, 15) is 5.26 Å². The normalized spacial score (nSPS) is 23.2. The minimum atomic E-state index is -0.270. The number of methoxy groups -OCH3 is 1. The first-order chi connectivity index (χ1) is 24.5. The number of ether oxygens (including phenoxy) is 4. The molecule has 7 rings (SSSR count). The molecule has 0 amide bonds. The number of aromatic nitrogens is 8. The maximum absolute atomic E-state index is 9.68. The van der Waals surface area contributed by atoms with Gasteiger partial charge in [-0.15, -0.1) is 10.2 Å². The molecule has 3 aromatic heterocycles. The van der Waals surface area contributed by atoms with Crippen molar-refractivity contribution >= 4 is 11.6 Å². The molecule has 2 saturated heterocycles. The molecule has 15 heteroatoms. The third-order valence-electron chi connectivity index (χ3n) is 10.1. The third kappa shape index (κ3) is 7.72. The molecule has 2 bridgehead atoms. The Morgan fingerprint density at radius 3 is 2.42 bits per heavy atom. The van der Waals surface area contributed by atoms with E-state index in [1.54, 1.807) is 30.3 Å². The van der Waals surface area contributed by atoms with Gasteiger partial charge in [-0.25, -0.2) is 14.6 Å². The van der Waals surface area contributed by atoms with Gasteiger partial charge in [-0.3, -0.25) is 9.58 Å². The molecule has 50 heavy (non-hydrogen) atoms. The Morgan fingerprint density at radius 1 is 0.980 bits per heavy atom. The second-order valence-electron chi connectivity index (χ2n) is 13.5. The molecule has 3 fully saturated rings. The molecule has 1 aliphatic carbocycles. The van der Waals surface area contributed by atoms with Crippen molar-refractivity contribution in [3.63, 3.8) is 0 Å². The number of hydrogen-bond acceptors (Lipinski definition) is 13. The van der Waals surface area contributed by atoms with Crippen LogP contribution in [0.5, 0.6) is 11.6 Å². The van der Waals surface area contributed by atoms with E-state index in [0.29, 0.717) is 60.5 Å². The van der Waals surface area contributed by atoms with Gasteiger partial charge >= 0.3 is 0 Å². The van der Waals surface area contributed by atoms with Gasteiger partial charge in [0, 0.05) is 49.6 Å². The molecule has 15 nitrogen and oxygen atoms in total. The average Bonchev–Trinajstić information content (AvgIpc) is 3.86. The van der Waals surface area contributed by atoms with Crippen molar-refractivity contribution < 1.29 is 18.9 Å². The van der Waals surface area contributed by atoms with Crippen molar-refractivity contribution in [1.29, 1.82) is 5.26 Å². The lowest BCUT2D eigenvalue weighted by Gasteiger charge is -2.43. The number of nitrogens with one attached hydrogen (secondary N) is 1. The Kier molecular flexibility index (Phi) is 10.5. The maximum Gasteiger partial charge on any atom is 0.256 e. The van der Waals surface area contributed by atoms with Gasteiger partial charge in [0.15, 0.2) is 0 Å². The number of nitriles is 1. The molecular weight excluding hydrogens is 638 g/mol. The zero-order valence-electron chi connectivity index (χ0n) is 28.9.